The van der Waals surface area contributed by atoms with E-state index in [2.05, 4.69) is 67.7 Å². The number of fused-ring (bicyclic) bond motifs is 1. The van der Waals surface area contributed by atoms with Crippen LogP contribution < -0.4 is 10.2 Å². The highest BCUT2D eigenvalue weighted by Crippen LogP contribution is 2.27. The van der Waals surface area contributed by atoms with E-state index in [1.807, 2.05) is 0 Å². The van der Waals surface area contributed by atoms with Gasteiger partial charge in [0.1, 0.15) is 17.0 Å². The van der Waals surface area contributed by atoms with Crippen LogP contribution in [0.1, 0.15) is 5.56 Å². The lowest BCUT2D eigenvalue weighted by Gasteiger charge is -2.35. The fourth-order valence-electron chi connectivity index (χ4n) is 3.40. The van der Waals surface area contributed by atoms with Gasteiger partial charge in [-0.2, -0.15) is 0 Å². The number of thiophene rings is 1. The lowest BCUT2D eigenvalue weighted by atomic mass is 10.2. The summed E-state index contributed by atoms with van der Waals surface area (Å²) >= 11 is 3.41. The van der Waals surface area contributed by atoms with Crippen molar-refractivity contribution in [3.8, 4) is 0 Å². The molecule has 152 valence electrons. The standard InChI is InChI=1S/C21H25N5OS2/c1-16-2-4-17(5-3-16)28-13-7-22-19(27)14-25-8-10-26(11-9-25)20-18-6-12-29-21(18)24-15-23-20/h2-6,12,15H,7-11,13-14H2,1H3,(H,22,27). The maximum Gasteiger partial charge on any atom is 0.234 e. The molecular formula is C21H25N5OS2. The fraction of sp³-hybridized carbons (Fsp3) is 0.381. The van der Waals surface area contributed by atoms with Gasteiger partial charge in [-0.3, -0.25) is 9.69 Å². The van der Waals surface area contributed by atoms with Gasteiger partial charge in [-0.1, -0.05) is 17.7 Å². The Bertz CT molecular complexity index is 951. The number of nitrogens with zero attached hydrogens (tertiary/aromatic N) is 4. The first-order valence-electron chi connectivity index (χ1n) is 9.81. The monoisotopic (exact) mass is 427 g/mol. The van der Waals surface area contributed by atoms with E-state index in [4.69, 9.17) is 0 Å². The topological polar surface area (TPSA) is 61.4 Å². The van der Waals surface area contributed by atoms with Crippen molar-refractivity contribution >= 4 is 45.0 Å². The van der Waals surface area contributed by atoms with Crippen LogP contribution in [-0.4, -0.2) is 65.8 Å². The van der Waals surface area contributed by atoms with E-state index in [9.17, 15) is 4.79 Å². The molecule has 1 aliphatic heterocycles. The van der Waals surface area contributed by atoms with Crippen LogP contribution in [0.4, 0.5) is 5.82 Å². The third-order valence-electron chi connectivity index (χ3n) is 4.99. The van der Waals surface area contributed by atoms with Crippen LogP contribution in [0.2, 0.25) is 0 Å². The van der Waals surface area contributed by atoms with Crippen LogP contribution in [0.5, 0.6) is 0 Å². The highest BCUT2D eigenvalue weighted by Gasteiger charge is 2.21. The minimum Gasteiger partial charge on any atom is -0.354 e. The van der Waals surface area contributed by atoms with Gasteiger partial charge in [-0.25, -0.2) is 9.97 Å². The maximum atomic E-state index is 12.3. The van der Waals surface area contributed by atoms with E-state index in [0.717, 1.165) is 48.0 Å². The van der Waals surface area contributed by atoms with Gasteiger partial charge in [0.2, 0.25) is 5.91 Å². The predicted molar refractivity (Wildman–Crippen MR) is 121 cm³/mol. The van der Waals surface area contributed by atoms with E-state index in [0.29, 0.717) is 13.1 Å². The minimum atomic E-state index is 0.102. The fourth-order valence-corrected chi connectivity index (χ4v) is 4.90. The zero-order valence-electron chi connectivity index (χ0n) is 16.5. The third-order valence-corrected chi connectivity index (χ3v) is 6.83. The predicted octanol–water partition coefficient (Wildman–Crippen LogP) is 3.03. The summed E-state index contributed by atoms with van der Waals surface area (Å²) in [6.45, 7) is 6.71. The Kier molecular flexibility index (Phi) is 6.63. The number of benzene rings is 1. The van der Waals surface area contributed by atoms with E-state index < -0.39 is 0 Å². The second kappa shape index (κ2) is 9.56. The number of aromatic nitrogens is 2. The number of amides is 1. The Balaban J connectivity index is 1.18. The quantitative estimate of drug-likeness (QED) is 0.462. The largest absolute Gasteiger partial charge is 0.354 e. The number of aryl methyl sites for hydroxylation is 1. The van der Waals surface area contributed by atoms with Crippen molar-refractivity contribution < 1.29 is 4.79 Å². The Morgan fingerprint density at radius 1 is 1.14 bits per heavy atom. The molecule has 6 nitrogen and oxygen atoms in total. The van der Waals surface area contributed by atoms with Gasteiger partial charge in [0.25, 0.3) is 0 Å². The number of rotatable bonds is 7. The first-order chi connectivity index (χ1) is 14.2. The number of anilines is 1. The maximum absolute atomic E-state index is 12.3. The highest BCUT2D eigenvalue weighted by molar-refractivity contribution is 7.99. The van der Waals surface area contributed by atoms with E-state index in [1.54, 1.807) is 29.4 Å². The summed E-state index contributed by atoms with van der Waals surface area (Å²) in [5.41, 5.74) is 1.27. The molecule has 0 atom stereocenters. The van der Waals surface area contributed by atoms with E-state index in [1.165, 1.54) is 10.5 Å². The smallest absolute Gasteiger partial charge is 0.234 e. The van der Waals surface area contributed by atoms with Crippen LogP contribution in [0.25, 0.3) is 10.2 Å². The molecular weight excluding hydrogens is 402 g/mol. The molecule has 0 radical (unpaired) electrons. The Morgan fingerprint density at radius 3 is 2.72 bits per heavy atom. The van der Waals surface area contributed by atoms with Gasteiger partial charge in [-0.05, 0) is 30.5 Å². The average Bonchev–Trinajstić information content (AvgIpc) is 3.22. The molecule has 1 saturated heterocycles. The van der Waals surface area contributed by atoms with Gasteiger partial charge in [0, 0.05) is 43.4 Å². The zero-order chi connectivity index (χ0) is 20.1. The molecule has 1 amide bonds. The zero-order valence-corrected chi connectivity index (χ0v) is 18.1. The van der Waals surface area contributed by atoms with Gasteiger partial charge in [-0.15, -0.1) is 23.1 Å². The van der Waals surface area contributed by atoms with Gasteiger partial charge >= 0.3 is 0 Å². The number of thioether (sulfide) groups is 1. The highest BCUT2D eigenvalue weighted by atomic mass is 32.2. The molecule has 4 rings (SSSR count). The van der Waals surface area contributed by atoms with Crippen LogP contribution in [0, 0.1) is 6.92 Å². The Morgan fingerprint density at radius 2 is 1.93 bits per heavy atom. The van der Waals surface area contributed by atoms with Gasteiger partial charge in [0.15, 0.2) is 0 Å². The summed E-state index contributed by atoms with van der Waals surface area (Å²) in [6.07, 6.45) is 1.64. The minimum absolute atomic E-state index is 0.102. The molecule has 0 bridgehead atoms. The summed E-state index contributed by atoms with van der Waals surface area (Å²) in [5.74, 6) is 1.99. The molecule has 0 spiro atoms. The molecule has 29 heavy (non-hydrogen) atoms. The Labute approximate surface area is 179 Å². The van der Waals surface area contributed by atoms with E-state index in [-0.39, 0.29) is 5.91 Å². The van der Waals surface area contributed by atoms with Crippen molar-refractivity contribution in [2.75, 3.05) is 49.9 Å². The van der Waals surface area contributed by atoms with Crippen molar-refractivity contribution in [3.63, 3.8) is 0 Å². The summed E-state index contributed by atoms with van der Waals surface area (Å²) in [6, 6.07) is 10.6. The van der Waals surface area contributed by atoms with Crippen molar-refractivity contribution in [1.82, 2.24) is 20.2 Å². The van der Waals surface area contributed by atoms with Crippen LogP contribution >= 0.6 is 23.1 Å². The molecule has 1 aromatic carbocycles. The Hall–Kier alpha value is -2.16. The number of carbonyl (C=O) groups excluding carboxylic acids is 1. The number of hydrogen-bond donors (Lipinski definition) is 1. The summed E-state index contributed by atoms with van der Waals surface area (Å²) in [5, 5.41) is 6.22. The second-order valence-electron chi connectivity index (χ2n) is 7.11. The van der Waals surface area contributed by atoms with Crippen molar-refractivity contribution in [2.45, 2.75) is 11.8 Å². The van der Waals surface area contributed by atoms with Gasteiger partial charge < -0.3 is 10.2 Å². The average molecular weight is 428 g/mol. The molecule has 1 aliphatic rings. The second-order valence-corrected chi connectivity index (χ2v) is 9.17. The molecule has 1 fully saturated rings. The van der Waals surface area contributed by atoms with Crippen molar-refractivity contribution in [1.29, 1.82) is 0 Å². The van der Waals surface area contributed by atoms with Crippen molar-refractivity contribution in [3.05, 3.63) is 47.6 Å². The van der Waals surface area contributed by atoms with Crippen LogP contribution in [0.3, 0.4) is 0 Å². The first-order valence-corrected chi connectivity index (χ1v) is 11.7. The van der Waals surface area contributed by atoms with Crippen LogP contribution in [-0.2, 0) is 4.79 Å². The first kappa shape index (κ1) is 20.1. The lowest BCUT2D eigenvalue weighted by molar-refractivity contribution is -0.122. The molecule has 2 aromatic heterocycles. The third kappa shape index (κ3) is 5.26. The molecule has 0 unspecified atom stereocenters. The molecule has 0 aliphatic carbocycles. The molecule has 3 aromatic rings. The normalized spacial score (nSPS) is 15.0. The number of nitrogens with one attached hydrogen (secondary N) is 1. The number of carbonyl (C=O) groups is 1. The van der Waals surface area contributed by atoms with Crippen molar-refractivity contribution in [2.24, 2.45) is 0 Å². The summed E-state index contributed by atoms with van der Waals surface area (Å²) < 4.78 is 0. The lowest BCUT2D eigenvalue weighted by Crippen LogP contribution is -2.50. The molecule has 1 N–H and O–H groups in total. The summed E-state index contributed by atoms with van der Waals surface area (Å²) in [7, 11) is 0. The molecule has 8 heteroatoms. The van der Waals surface area contributed by atoms with Gasteiger partial charge in [0.05, 0.1) is 11.9 Å². The molecule has 0 saturated carbocycles. The molecule has 3 heterocycles. The number of hydrogen-bond acceptors (Lipinski definition) is 7. The van der Waals surface area contributed by atoms with E-state index >= 15 is 0 Å². The number of piperazine rings is 1. The summed E-state index contributed by atoms with van der Waals surface area (Å²) in [4.78, 5) is 27.9. The SMILES string of the molecule is Cc1ccc(SCCNC(=O)CN2CCN(c3ncnc4sccc34)CC2)cc1. The van der Waals surface area contributed by atoms with Crippen LogP contribution in [0.15, 0.2) is 46.9 Å².